The summed E-state index contributed by atoms with van der Waals surface area (Å²) >= 11 is 0. The molecule has 4 rings (SSSR count). The maximum Gasteiger partial charge on any atom is 0.419 e. The highest BCUT2D eigenvalue weighted by atomic mass is 19.4. The maximum absolute atomic E-state index is 16.0. The molecule has 284 valence electrons. The third kappa shape index (κ3) is 9.61. The summed E-state index contributed by atoms with van der Waals surface area (Å²) in [6.45, 7) is 11.8. The van der Waals surface area contributed by atoms with Crippen LogP contribution < -0.4 is 10.9 Å². The SMILES string of the molecule is CCOC(=O)C[C@H](NC(=O)C(CC(C)C)n1cc(CCN2CC(C)C2)c(C(F)(F)F)cc1=O)c1cc(-c2c(C)cccc2C)cc(C(F)(F)F)c1F. The summed E-state index contributed by atoms with van der Waals surface area (Å²) in [5, 5.41) is 2.48. The number of alkyl halides is 6. The van der Waals surface area contributed by atoms with Gasteiger partial charge < -0.3 is 19.5 Å². The van der Waals surface area contributed by atoms with Crippen LogP contribution in [0.1, 0.15) is 86.0 Å². The largest absolute Gasteiger partial charge is 0.466 e. The van der Waals surface area contributed by atoms with Gasteiger partial charge in [0.25, 0.3) is 5.56 Å². The summed E-state index contributed by atoms with van der Waals surface area (Å²) in [6, 6.07) is 4.12. The molecule has 1 saturated heterocycles. The van der Waals surface area contributed by atoms with E-state index in [2.05, 4.69) is 5.32 Å². The molecule has 52 heavy (non-hydrogen) atoms. The van der Waals surface area contributed by atoms with Gasteiger partial charge in [0.1, 0.15) is 11.9 Å². The Balaban J connectivity index is 1.85. The molecule has 1 N–H and O–H groups in total. The molecule has 1 unspecified atom stereocenters. The normalized spacial score (nSPS) is 15.3. The second-order valence-corrected chi connectivity index (χ2v) is 14.0. The number of likely N-dealkylation sites (tertiary alicyclic amines) is 1. The fourth-order valence-electron chi connectivity index (χ4n) is 6.80. The van der Waals surface area contributed by atoms with Crippen LogP contribution in [0.5, 0.6) is 0 Å². The van der Waals surface area contributed by atoms with Crippen LogP contribution in [0.3, 0.4) is 0 Å². The Labute approximate surface area is 298 Å². The molecule has 0 spiro atoms. The minimum absolute atomic E-state index is 0.0126. The molecule has 7 nitrogen and oxygen atoms in total. The molecule has 2 atom stereocenters. The zero-order valence-electron chi connectivity index (χ0n) is 30.0. The van der Waals surface area contributed by atoms with E-state index >= 15 is 4.39 Å². The molecule has 0 bridgehead atoms. The molecule has 2 aromatic carbocycles. The smallest absolute Gasteiger partial charge is 0.419 e. The van der Waals surface area contributed by atoms with Gasteiger partial charge in [0.05, 0.1) is 30.2 Å². The monoisotopic (exact) mass is 739 g/mol. The van der Waals surface area contributed by atoms with Crippen LogP contribution in [0.15, 0.2) is 47.4 Å². The first-order chi connectivity index (χ1) is 24.2. The molecule has 1 aromatic heterocycles. The maximum atomic E-state index is 16.0. The summed E-state index contributed by atoms with van der Waals surface area (Å²) in [6.07, 6.45) is -9.94. The van der Waals surface area contributed by atoms with E-state index in [9.17, 15) is 40.7 Å². The van der Waals surface area contributed by atoms with Gasteiger partial charge in [-0.05, 0) is 85.4 Å². The topological polar surface area (TPSA) is 80.6 Å². The molecule has 0 radical (unpaired) electrons. The summed E-state index contributed by atoms with van der Waals surface area (Å²) < 4.78 is 107. The quantitative estimate of drug-likeness (QED) is 0.141. The van der Waals surface area contributed by atoms with E-state index in [0.29, 0.717) is 47.8 Å². The number of nitrogens with zero attached hydrogens (tertiary/aromatic N) is 2. The highest BCUT2D eigenvalue weighted by molar-refractivity contribution is 5.82. The van der Waals surface area contributed by atoms with Crippen molar-refractivity contribution in [1.82, 2.24) is 14.8 Å². The van der Waals surface area contributed by atoms with Crippen molar-refractivity contribution in [3.63, 3.8) is 0 Å². The Bertz CT molecular complexity index is 1810. The summed E-state index contributed by atoms with van der Waals surface area (Å²) in [7, 11) is 0. The van der Waals surface area contributed by atoms with Gasteiger partial charge in [-0.25, -0.2) is 4.39 Å². The minimum Gasteiger partial charge on any atom is -0.466 e. The average molecular weight is 740 g/mol. The predicted molar refractivity (Wildman–Crippen MR) is 182 cm³/mol. The van der Waals surface area contributed by atoms with Gasteiger partial charge in [0, 0.05) is 37.5 Å². The van der Waals surface area contributed by atoms with Gasteiger partial charge >= 0.3 is 18.3 Å². The number of pyridine rings is 1. The molecular weight excluding hydrogens is 695 g/mol. The highest BCUT2D eigenvalue weighted by Gasteiger charge is 2.39. The first-order valence-electron chi connectivity index (χ1n) is 17.2. The number of amides is 1. The zero-order valence-corrected chi connectivity index (χ0v) is 30.0. The Kier molecular flexibility index (Phi) is 12.7. The first-order valence-corrected chi connectivity index (χ1v) is 17.2. The minimum atomic E-state index is -5.16. The van der Waals surface area contributed by atoms with Gasteiger partial charge in [-0.3, -0.25) is 14.4 Å². The predicted octanol–water partition coefficient (Wildman–Crippen LogP) is 8.20. The molecule has 2 heterocycles. The molecule has 1 aliphatic heterocycles. The molecule has 14 heteroatoms. The van der Waals surface area contributed by atoms with E-state index in [0.717, 1.165) is 16.8 Å². The van der Waals surface area contributed by atoms with Crippen LogP contribution in [0.4, 0.5) is 30.7 Å². The van der Waals surface area contributed by atoms with Crippen LogP contribution in [0.25, 0.3) is 11.1 Å². The number of carbonyl (C=O) groups is 2. The number of carbonyl (C=O) groups excluding carboxylic acids is 2. The van der Waals surface area contributed by atoms with Crippen molar-refractivity contribution < 1.29 is 45.1 Å². The molecule has 1 amide bonds. The number of benzene rings is 2. The summed E-state index contributed by atoms with van der Waals surface area (Å²) in [4.78, 5) is 42.3. The van der Waals surface area contributed by atoms with Gasteiger partial charge in [0.15, 0.2) is 0 Å². The summed E-state index contributed by atoms with van der Waals surface area (Å²) in [5.74, 6) is -3.57. The lowest BCUT2D eigenvalue weighted by molar-refractivity contribution is -0.144. The lowest BCUT2D eigenvalue weighted by Crippen LogP contribution is -2.46. The van der Waals surface area contributed by atoms with E-state index in [-0.39, 0.29) is 43.0 Å². The Morgan fingerprint density at radius 1 is 0.981 bits per heavy atom. The highest BCUT2D eigenvalue weighted by Crippen LogP contribution is 2.40. The van der Waals surface area contributed by atoms with E-state index in [1.54, 1.807) is 45.9 Å². The zero-order chi connectivity index (χ0) is 38.7. The number of ether oxygens (including phenoxy) is 1. The summed E-state index contributed by atoms with van der Waals surface area (Å²) in [5.41, 5.74) is -3.17. The third-order valence-electron chi connectivity index (χ3n) is 9.18. The van der Waals surface area contributed by atoms with Crippen molar-refractivity contribution in [2.45, 2.75) is 85.2 Å². The van der Waals surface area contributed by atoms with E-state index in [1.807, 2.05) is 11.8 Å². The number of esters is 1. The number of hydrogen-bond acceptors (Lipinski definition) is 5. The molecule has 1 aliphatic rings. The Morgan fingerprint density at radius 2 is 1.60 bits per heavy atom. The standard InChI is InChI=1S/C38H44F7N3O4/c1-7-52-33(50)17-30(27-14-26(15-29(35(27)39)38(43,44)45)34-23(5)9-8-10-24(34)6)46-36(51)31(13-21(2)3)48-20-25(11-12-47-18-22(4)19-47)28(16-32(48)49)37(40,41)42/h8-10,14-16,20-22,30-31H,7,11-13,17-19H2,1-6H3,(H,46,51)/t30-,31?/m0/s1. The van der Waals surface area contributed by atoms with Crippen LogP contribution in [-0.4, -0.2) is 47.6 Å². The molecule has 3 aromatic rings. The number of aryl methyl sites for hydroxylation is 2. The number of hydrogen-bond donors (Lipinski definition) is 1. The van der Waals surface area contributed by atoms with Crippen molar-refractivity contribution in [2.75, 3.05) is 26.2 Å². The van der Waals surface area contributed by atoms with Crippen LogP contribution in [0, 0.1) is 31.5 Å². The number of rotatable bonds is 13. The van der Waals surface area contributed by atoms with Gasteiger partial charge in [-0.2, -0.15) is 26.3 Å². The molecule has 1 fully saturated rings. The van der Waals surface area contributed by atoms with Crippen LogP contribution >= 0.6 is 0 Å². The van der Waals surface area contributed by atoms with Crippen molar-refractivity contribution in [2.24, 2.45) is 11.8 Å². The van der Waals surface area contributed by atoms with Gasteiger partial charge in [-0.1, -0.05) is 39.0 Å². The van der Waals surface area contributed by atoms with Crippen molar-refractivity contribution in [3.05, 3.63) is 92.1 Å². The van der Waals surface area contributed by atoms with E-state index < -0.39 is 70.8 Å². The molecule has 0 saturated carbocycles. The van der Waals surface area contributed by atoms with Crippen molar-refractivity contribution in [3.8, 4) is 11.1 Å². The van der Waals surface area contributed by atoms with E-state index in [4.69, 9.17) is 4.74 Å². The fourth-order valence-corrected chi connectivity index (χ4v) is 6.80. The number of nitrogens with one attached hydrogen (secondary N) is 1. The van der Waals surface area contributed by atoms with Crippen LogP contribution in [0.2, 0.25) is 0 Å². The van der Waals surface area contributed by atoms with Crippen molar-refractivity contribution in [1.29, 1.82) is 0 Å². The number of halogens is 7. The Morgan fingerprint density at radius 3 is 2.13 bits per heavy atom. The lowest BCUT2D eigenvalue weighted by atomic mass is 9.90. The van der Waals surface area contributed by atoms with Crippen LogP contribution in [-0.2, 0) is 33.1 Å². The lowest BCUT2D eigenvalue weighted by Gasteiger charge is -2.37. The average Bonchev–Trinajstić information content (AvgIpc) is 3.01. The second-order valence-electron chi connectivity index (χ2n) is 14.0. The van der Waals surface area contributed by atoms with E-state index in [1.165, 1.54) is 6.92 Å². The fraction of sp³-hybridized carbons (Fsp3) is 0.500. The third-order valence-corrected chi connectivity index (χ3v) is 9.18. The molecular formula is C38H44F7N3O4. The molecule has 0 aliphatic carbocycles. The Hall–Kier alpha value is -4.20. The second kappa shape index (κ2) is 16.2. The van der Waals surface area contributed by atoms with Gasteiger partial charge in [0.2, 0.25) is 5.91 Å². The van der Waals surface area contributed by atoms with Crippen molar-refractivity contribution >= 4 is 11.9 Å². The first kappa shape index (κ1) is 40.6. The number of aromatic nitrogens is 1. The van der Waals surface area contributed by atoms with Gasteiger partial charge in [-0.15, -0.1) is 0 Å².